The molecule has 2 atom stereocenters. The van der Waals surface area contributed by atoms with Crippen molar-refractivity contribution in [3.05, 3.63) is 54.4 Å². The number of rotatable bonds is 7. The van der Waals surface area contributed by atoms with Gasteiger partial charge in [-0.2, -0.15) is 0 Å². The van der Waals surface area contributed by atoms with Crippen molar-refractivity contribution in [2.24, 2.45) is 0 Å². The molecule has 0 fully saturated rings. The molecule has 2 rings (SSSR count). The second kappa shape index (κ2) is 10.3. The lowest BCUT2D eigenvalue weighted by Gasteiger charge is -2.19. The molecule has 0 unspecified atom stereocenters. The third kappa shape index (κ3) is 6.38. The van der Waals surface area contributed by atoms with E-state index in [2.05, 4.69) is 0 Å². The average Bonchev–Trinajstić information content (AvgIpc) is 2.61. The molecule has 28 heavy (non-hydrogen) atoms. The lowest BCUT2D eigenvalue weighted by molar-refractivity contribution is -0.157. The zero-order valence-electron chi connectivity index (χ0n) is 14.6. The number of carbonyl (C=O) groups excluding carboxylic acids is 1. The van der Waals surface area contributed by atoms with Crippen LogP contribution in [-0.4, -0.2) is 24.8 Å². The first-order chi connectivity index (χ1) is 13.1. The highest BCUT2D eigenvalue weighted by molar-refractivity contribution is 6.44. The van der Waals surface area contributed by atoms with Crippen molar-refractivity contribution in [1.29, 1.82) is 0 Å². The van der Waals surface area contributed by atoms with Gasteiger partial charge in [-0.1, -0.05) is 69.6 Å². The van der Waals surface area contributed by atoms with Crippen LogP contribution in [-0.2, 0) is 9.53 Å². The number of hydrogen-bond donors (Lipinski definition) is 0. The van der Waals surface area contributed by atoms with Gasteiger partial charge < -0.3 is 14.2 Å². The Hall–Kier alpha value is -0.750. The maximum absolute atomic E-state index is 12.2. The van der Waals surface area contributed by atoms with Gasteiger partial charge in [-0.3, -0.25) is 0 Å². The molecule has 0 aliphatic carbocycles. The molecule has 2 aromatic rings. The Kier molecular flexibility index (Phi) is 8.68. The smallest absolute Gasteiger partial charge is 0.347 e. The summed E-state index contributed by atoms with van der Waals surface area (Å²) in [5.74, 6) is -0.0728. The van der Waals surface area contributed by atoms with E-state index in [1.165, 1.54) is 31.2 Å². The first kappa shape index (κ1) is 23.5. The van der Waals surface area contributed by atoms with Crippen LogP contribution in [0.5, 0.6) is 11.5 Å². The van der Waals surface area contributed by atoms with E-state index in [4.69, 9.17) is 83.8 Å². The van der Waals surface area contributed by atoms with Crippen molar-refractivity contribution in [2.45, 2.75) is 26.1 Å². The zero-order valence-corrected chi connectivity index (χ0v) is 19.1. The van der Waals surface area contributed by atoms with E-state index in [9.17, 15) is 4.79 Å². The van der Waals surface area contributed by atoms with E-state index in [0.29, 0.717) is 20.8 Å². The summed E-state index contributed by atoms with van der Waals surface area (Å²) in [7, 11) is 0. The molecule has 0 radical (unpaired) electrons. The quantitative estimate of drug-likeness (QED) is 0.290. The maximum atomic E-state index is 12.2. The fourth-order valence-corrected chi connectivity index (χ4v) is 3.16. The van der Waals surface area contributed by atoms with Crippen molar-refractivity contribution < 1.29 is 19.0 Å². The fraction of sp³-hybridized carbons (Fsp3) is 0.278. The van der Waals surface area contributed by atoms with Crippen LogP contribution in [0.2, 0.25) is 30.1 Å². The lowest BCUT2D eigenvalue weighted by atomic mass is 10.3. The summed E-state index contributed by atoms with van der Waals surface area (Å²) in [5, 5.41) is 1.65. The van der Waals surface area contributed by atoms with E-state index < -0.39 is 18.2 Å². The highest BCUT2D eigenvalue weighted by Gasteiger charge is 2.21. The Morgan fingerprint density at radius 1 is 0.786 bits per heavy atom. The summed E-state index contributed by atoms with van der Waals surface area (Å²) in [6.45, 7) is 3.22. The van der Waals surface area contributed by atoms with Crippen molar-refractivity contribution in [1.82, 2.24) is 0 Å². The van der Waals surface area contributed by atoms with Crippen LogP contribution in [0.25, 0.3) is 0 Å². The molecule has 0 heterocycles. The summed E-state index contributed by atoms with van der Waals surface area (Å²) in [6.07, 6.45) is -1.53. The molecule has 4 nitrogen and oxygen atoms in total. The van der Waals surface area contributed by atoms with Crippen LogP contribution in [0, 0.1) is 0 Å². The van der Waals surface area contributed by atoms with Gasteiger partial charge in [0.25, 0.3) is 0 Å². The number of halogens is 6. The molecular formula is C18H14Cl6O4. The van der Waals surface area contributed by atoms with E-state index in [1.54, 1.807) is 6.92 Å². The maximum Gasteiger partial charge on any atom is 0.347 e. The van der Waals surface area contributed by atoms with Crippen LogP contribution in [0.4, 0.5) is 0 Å². The number of benzene rings is 2. The highest BCUT2D eigenvalue weighted by atomic mass is 35.5. The summed E-state index contributed by atoms with van der Waals surface area (Å²) < 4.78 is 16.3. The van der Waals surface area contributed by atoms with Gasteiger partial charge in [-0.05, 0) is 26.0 Å². The summed E-state index contributed by atoms with van der Waals surface area (Å²) in [5.41, 5.74) is 0. The molecule has 0 aliphatic rings. The van der Waals surface area contributed by atoms with Gasteiger partial charge in [0.2, 0.25) is 0 Å². The molecule has 0 saturated heterocycles. The van der Waals surface area contributed by atoms with Gasteiger partial charge in [-0.25, -0.2) is 4.79 Å². The molecule has 0 aromatic heterocycles. The Bertz CT molecular complexity index is 874. The number of esters is 1. The first-order valence-corrected chi connectivity index (χ1v) is 10.1. The molecular weight excluding hydrogens is 493 g/mol. The predicted molar refractivity (Wildman–Crippen MR) is 114 cm³/mol. The van der Waals surface area contributed by atoms with Crippen molar-refractivity contribution in [3.63, 3.8) is 0 Å². The van der Waals surface area contributed by atoms with E-state index in [0.717, 1.165) is 0 Å². The summed E-state index contributed by atoms with van der Waals surface area (Å²) >= 11 is 35.7. The number of carbonyl (C=O) groups is 1. The van der Waals surface area contributed by atoms with Crippen LogP contribution in [0.3, 0.4) is 0 Å². The molecule has 0 aliphatic heterocycles. The normalized spacial score (nSPS) is 13.0. The van der Waals surface area contributed by atoms with Gasteiger partial charge in [0.15, 0.2) is 6.10 Å². The Morgan fingerprint density at radius 2 is 1.25 bits per heavy atom. The van der Waals surface area contributed by atoms with E-state index >= 15 is 0 Å². The second-order valence-electron chi connectivity index (χ2n) is 5.71. The van der Waals surface area contributed by atoms with E-state index in [-0.39, 0.29) is 27.4 Å². The van der Waals surface area contributed by atoms with Crippen LogP contribution < -0.4 is 9.47 Å². The van der Waals surface area contributed by atoms with E-state index in [1.807, 2.05) is 0 Å². The molecule has 0 amide bonds. The molecule has 0 bridgehead atoms. The minimum absolute atomic E-state index is 0.0453. The Labute approximate surface area is 192 Å². The van der Waals surface area contributed by atoms with Gasteiger partial charge in [0.05, 0.1) is 30.1 Å². The average molecular weight is 507 g/mol. The summed E-state index contributed by atoms with van der Waals surface area (Å²) in [6, 6.07) is 5.80. The summed E-state index contributed by atoms with van der Waals surface area (Å²) in [4.78, 5) is 12.2. The molecule has 152 valence electrons. The molecule has 0 saturated carbocycles. The van der Waals surface area contributed by atoms with Crippen LogP contribution >= 0.6 is 69.6 Å². The second-order valence-corrected chi connectivity index (χ2v) is 8.16. The highest BCUT2D eigenvalue weighted by Crippen LogP contribution is 2.35. The van der Waals surface area contributed by atoms with Crippen molar-refractivity contribution >= 4 is 75.6 Å². The van der Waals surface area contributed by atoms with Crippen LogP contribution in [0.1, 0.15) is 13.8 Å². The first-order valence-electron chi connectivity index (χ1n) is 7.87. The van der Waals surface area contributed by atoms with Gasteiger partial charge in [0.1, 0.15) is 24.2 Å². The minimum Gasteiger partial charge on any atom is -0.488 e. The SMILES string of the molecule is C[C@H](COc1cc(Cl)c(Cl)cc1Cl)OC(=O)[C@H](C)Oc1cc(Cl)c(Cl)cc1Cl. The number of ether oxygens (including phenoxy) is 3. The van der Waals surface area contributed by atoms with Gasteiger partial charge in [0, 0.05) is 12.1 Å². The van der Waals surface area contributed by atoms with Crippen molar-refractivity contribution in [2.75, 3.05) is 6.61 Å². The Morgan fingerprint density at radius 3 is 1.82 bits per heavy atom. The zero-order chi connectivity index (χ0) is 21.0. The van der Waals surface area contributed by atoms with Gasteiger partial charge >= 0.3 is 5.97 Å². The lowest BCUT2D eigenvalue weighted by Crippen LogP contribution is -2.31. The van der Waals surface area contributed by atoms with Gasteiger partial charge in [-0.15, -0.1) is 0 Å². The molecule has 2 aromatic carbocycles. The standard InChI is InChI=1S/C18H14Cl6O4/c1-8(7-26-16-5-12(21)10(19)3-14(16)23)27-18(25)9(2)28-17-6-13(22)11(20)4-15(17)24/h3-6,8-9H,7H2,1-2H3/t8-,9+/m1/s1. The third-order valence-electron chi connectivity index (χ3n) is 3.38. The van der Waals surface area contributed by atoms with Crippen LogP contribution in [0.15, 0.2) is 24.3 Å². The molecule has 10 heteroatoms. The topological polar surface area (TPSA) is 44.8 Å². The molecule has 0 spiro atoms. The Balaban J connectivity index is 1.91. The largest absolute Gasteiger partial charge is 0.488 e. The molecule has 0 N–H and O–H groups in total. The minimum atomic E-state index is -0.939. The van der Waals surface area contributed by atoms with Crippen molar-refractivity contribution in [3.8, 4) is 11.5 Å². The fourth-order valence-electron chi connectivity index (χ4n) is 1.98. The monoisotopic (exact) mass is 504 g/mol. The third-order valence-corrected chi connectivity index (χ3v) is 5.41. The predicted octanol–water partition coefficient (Wildman–Crippen LogP) is 7.39. The number of hydrogen-bond acceptors (Lipinski definition) is 4.